The van der Waals surface area contributed by atoms with Crippen LogP contribution in [0, 0.1) is 17.8 Å². The van der Waals surface area contributed by atoms with E-state index in [0.29, 0.717) is 44.0 Å². The number of carboxylic acid groups (broad SMARTS) is 5. The molecule has 2 amide bonds. The standard InChI is InChI=1S/C18H30N2O9.C11H22N2O3.C2H3BrO/c1-3-12(8-11(2)17(26)27)16(25)19-7-5-4-6-13(18(28)29)20(9-14(21)22)10-15(23)24;1-3-8(2)10(14)13-7-5-4-6-9(12)11(15)16;3-1-2-4/h11-13H,3-10H2,1-2H3,(H,19,25)(H,21,22)(H,23,24)(H,26,27)(H,28,29);8-9H,3-7,12H2,1-2H3,(H,13,14)(H,15,16);2H,1H2/t11?,12?,13-;8?,9-;/m00./s1. The van der Waals surface area contributed by atoms with E-state index in [1.807, 2.05) is 13.8 Å². The largest absolute Gasteiger partial charge is 0.481 e. The Labute approximate surface area is 295 Å². The number of aliphatic carboxylic acids is 5. The fourth-order valence-electron chi connectivity index (χ4n) is 4.08. The number of nitrogens with two attached hydrogens (primary N) is 1. The van der Waals surface area contributed by atoms with E-state index in [-0.39, 0.29) is 37.1 Å². The van der Waals surface area contributed by atoms with E-state index >= 15 is 0 Å². The quantitative estimate of drug-likeness (QED) is 0.0372. The number of halogens is 1. The lowest BCUT2D eigenvalue weighted by Crippen LogP contribution is -2.46. The van der Waals surface area contributed by atoms with Crippen LogP contribution in [0.1, 0.15) is 85.5 Å². The molecule has 49 heavy (non-hydrogen) atoms. The molecule has 17 nitrogen and oxygen atoms in total. The van der Waals surface area contributed by atoms with Gasteiger partial charge < -0.3 is 46.7 Å². The summed E-state index contributed by atoms with van der Waals surface area (Å²) in [5.74, 6) is -7.15. The van der Waals surface area contributed by atoms with E-state index in [1.165, 1.54) is 6.92 Å². The molecule has 0 aliphatic rings. The molecule has 0 aliphatic carbocycles. The summed E-state index contributed by atoms with van der Waals surface area (Å²) < 4.78 is 0. The van der Waals surface area contributed by atoms with Gasteiger partial charge in [0.25, 0.3) is 0 Å². The molecular formula is C31H55BrN4O13. The van der Waals surface area contributed by atoms with E-state index < -0.39 is 66.9 Å². The van der Waals surface area contributed by atoms with Crippen LogP contribution in [-0.4, -0.2) is 122 Å². The molecule has 0 rings (SSSR count). The van der Waals surface area contributed by atoms with Crippen LogP contribution >= 0.6 is 15.9 Å². The minimum atomic E-state index is -1.33. The molecule has 0 bridgehead atoms. The van der Waals surface area contributed by atoms with Crippen molar-refractivity contribution in [2.45, 2.75) is 97.6 Å². The molecule has 18 heteroatoms. The third-order valence-electron chi connectivity index (χ3n) is 7.21. The molecule has 0 saturated heterocycles. The number of unbranched alkanes of at least 4 members (excludes halogenated alkanes) is 2. The average Bonchev–Trinajstić information content (AvgIpc) is 3.03. The van der Waals surface area contributed by atoms with Crippen molar-refractivity contribution < 1.29 is 63.9 Å². The third kappa shape index (κ3) is 28.0. The number of carboxylic acids is 5. The summed E-state index contributed by atoms with van der Waals surface area (Å²) in [6.45, 7) is 6.60. The van der Waals surface area contributed by atoms with Crippen LogP contribution in [0.15, 0.2) is 0 Å². The lowest BCUT2D eigenvalue weighted by Gasteiger charge is -2.25. The minimum absolute atomic E-state index is 0.0268. The van der Waals surface area contributed by atoms with Crippen molar-refractivity contribution in [3.05, 3.63) is 0 Å². The van der Waals surface area contributed by atoms with Gasteiger partial charge in [0.1, 0.15) is 18.4 Å². The number of hydrogen-bond donors (Lipinski definition) is 8. The first-order valence-electron chi connectivity index (χ1n) is 16.1. The number of hydrogen-bond acceptors (Lipinski definition) is 10. The van der Waals surface area contributed by atoms with E-state index in [4.69, 9.17) is 31.0 Å². The number of nitrogens with zero attached hydrogens (tertiary/aromatic N) is 1. The molecule has 0 aromatic rings. The van der Waals surface area contributed by atoms with Crippen LogP contribution in [-0.2, 0) is 38.4 Å². The Hall–Kier alpha value is -3.64. The Bertz CT molecular complexity index is 1020. The Morgan fingerprint density at radius 2 is 1.18 bits per heavy atom. The van der Waals surface area contributed by atoms with Gasteiger partial charge in [0.15, 0.2) is 0 Å². The summed E-state index contributed by atoms with van der Waals surface area (Å²) in [5, 5.41) is 50.5. The first-order chi connectivity index (χ1) is 22.9. The van der Waals surface area contributed by atoms with Crippen LogP contribution in [0.3, 0.4) is 0 Å². The molecule has 0 radical (unpaired) electrons. The van der Waals surface area contributed by atoms with Gasteiger partial charge in [-0.2, -0.15) is 0 Å². The van der Waals surface area contributed by atoms with Crippen molar-refractivity contribution >= 4 is 63.9 Å². The highest BCUT2D eigenvalue weighted by atomic mass is 79.9. The van der Waals surface area contributed by atoms with Crippen molar-refractivity contribution in [1.82, 2.24) is 15.5 Å². The van der Waals surface area contributed by atoms with Crippen molar-refractivity contribution in [3.8, 4) is 0 Å². The predicted molar refractivity (Wildman–Crippen MR) is 182 cm³/mol. The molecule has 3 unspecified atom stereocenters. The molecule has 0 saturated carbocycles. The molecular weight excluding hydrogens is 716 g/mol. The normalized spacial score (nSPS) is 13.4. The first-order valence-corrected chi connectivity index (χ1v) is 17.2. The molecule has 0 aromatic carbocycles. The lowest BCUT2D eigenvalue weighted by molar-refractivity contribution is -0.150. The SMILES string of the molecule is CCC(C)C(=O)NCCCC[C@H](N)C(=O)O.CCC(CC(C)C(=O)O)C(=O)NCCCC[C@@H](C(=O)O)N(CC(=O)O)CC(=O)O.O=CCBr. The maximum Gasteiger partial charge on any atom is 0.320 e. The maximum atomic E-state index is 12.2. The lowest BCUT2D eigenvalue weighted by atomic mass is 9.93. The highest BCUT2D eigenvalue weighted by Crippen LogP contribution is 2.16. The zero-order chi connectivity index (χ0) is 38.5. The van der Waals surface area contributed by atoms with Crippen LogP contribution in [0.2, 0.25) is 0 Å². The molecule has 284 valence electrons. The Morgan fingerprint density at radius 3 is 1.55 bits per heavy atom. The first kappa shape index (κ1) is 49.7. The van der Waals surface area contributed by atoms with Crippen molar-refractivity contribution in [1.29, 1.82) is 0 Å². The smallest absolute Gasteiger partial charge is 0.320 e. The number of amides is 2. The van der Waals surface area contributed by atoms with Crippen LogP contribution in [0.5, 0.6) is 0 Å². The minimum Gasteiger partial charge on any atom is -0.481 e. The van der Waals surface area contributed by atoms with Gasteiger partial charge in [-0.05, 0) is 57.8 Å². The van der Waals surface area contributed by atoms with Gasteiger partial charge in [0.05, 0.1) is 24.3 Å². The number of carbonyl (C=O) groups is 8. The fourth-order valence-corrected chi connectivity index (χ4v) is 4.08. The van der Waals surface area contributed by atoms with Gasteiger partial charge in [0, 0.05) is 24.9 Å². The average molecular weight is 772 g/mol. The van der Waals surface area contributed by atoms with Gasteiger partial charge in [-0.25, -0.2) is 0 Å². The topological polar surface area (TPSA) is 291 Å². The van der Waals surface area contributed by atoms with Gasteiger partial charge in [-0.3, -0.25) is 38.5 Å². The van der Waals surface area contributed by atoms with Crippen molar-refractivity contribution in [3.63, 3.8) is 0 Å². The Morgan fingerprint density at radius 1 is 0.714 bits per heavy atom. The summed E-state index contributed by atoms with van der Waals surface area (Å²) in [6, 6.07) is -2.05. The van der Waals surface area contributed by atoms with Crippen LogP contribution in [0.4, 0.5) is 0 Å². The van der Waals surface area contributed by atoms with Crippen LogP contribution in [0.25, 0.3) is 0 Å². The molecule has 9 N–H and O–H groups in total. The summed E-state index contributed by atoms with van der Waals surface area (Å²) in [6.07, 6.45) is 5.03. The molecule has 0 fully saturated rings. The molecule has 0 heterocycles. The van der Waals surface area contributed by atoms with Gasteiger partial charge >= 0.3 is 29.8 Å². The second-order valence-electron chi connectivity index (χ2n) is 11.3. The van der Waals surface area contributed by atoms with E-state index in [0.717, 1.165) is 24.0 Å². The molecule has 0 aliphatic heterocycles. The van der Waals surface area contributed by atoms with Gasteiger partial charge in [-0.15, -0.1) is 0 Å². The zero-order valence-electron chi connectivity index (χ0n) is 28.8. The fraction of sp³-hybridized carbons (Fsp3) is 0.742. The van der Waals surface area contributed by atoms with E-state index in [1.54, 1.807) is 6.92 Å². The van der Waals surface area contributed by atoms with Crippen molar-refractivity contribution in [2.24, 2.45) is 23.5 Å². The summed E-state index contributed by atoms with van der Waals surface area (Å²) in [5.41, 5.74) is 5.34. The number of aldehydes is 1. The van der Waals surface area contributed by atoms with E-state index in [2.05, 4.69) is 26.6 Å². The number of nitrogens with one attached hydrogen (secondary N) is 2. The highest BCUT2D eigenvalue weighted by Gasteiger charge is 2.28. The van der Waals surface area contributed by atoms with Crippen LogP contribution < -0.4 is 16.4 Å². The zero-order valence-corrected chi connectivity index (χ0v) is 30.4. The summed E-state index contributed by atoms with van der Waals surface area (Å²) in [7, 11) is 0. The number of alkyl halides is 1. The van der Waals surface area contributed by atoms with Crippen molar-refractivity contribution in [2.75, 3.05) is 31.5 Å². The predicted octanol–water partition coefficient (Wildman–Crippen LogP) is 1.65. The highest BCUT2D eigenvalue weighted by molar-refractivity contribution is 9.09. The second-order valence-corrected chi connectivity index (χ2v) is 11.9. The van der Waals surface area contributed by atoms with Gasteiger partial charge in [0.2, 0.25) is 11.8 Å². The Kier molecular flexibility index (Phi) is 30.9. The monoisotopic (exact) mass is 770 g/mol. The summed E-state index contributed by atoms with van der Waals surface area (Å²) >= 11 is 2.88. The second kappa shape index (κ2) is 30.4. The number of carbonyl (C=O) groups excluding carboxylic acids is 3. The third-order valence-corrected chi connectivity index (χ3v) is 7.47. The van der Waals surface area contributed by atoms with E-state index in [9.17, 15) is 38.7 Å². The van der Waals surface area contributed by atoms with Gasteiger partial charge in [-0.1, -0.05) is 43.6 Å². The maximum absolute atomic E-state index is 12.2. The molecule has 5 atom stereocenters. The Balaban J connectivity index is -0.000000884. The summed E-state index contributed by atoms with van der Waals surface area (Å²) in [4.78, 5) is 88.0. The molecule has 0 aromatic heterocycles. The molecule has 0 spiro atoms. The number of rotatable bonds is 25.